The molecule has 3 heterocycles. The summed E-state index contributed by atoms with van der Waals surface area (Å²) in [6, 6.07) is 0. The number of rotatable bonds is 5. The topological polar surface area (TPSA) is 97.5 Å². The Morgan fingerprint density at radius 3 is 2.81 bits per heavy atom. The number of nitrogen functional groups attached to an aromatic ring is 1. The number of nitrogens with zero attached hydrogens (tertiary/aromatic N) is 4. The van der Waals surface area contributed by atoms with Gasteiger partial charge in [0.05, 0.1) is 6.20 Å². The Balaban J connectivity index is 2.04. The Morgan fingerprint density at radius 2 is 2.11 bits per heavy atom. The van der Waals surface area contributed by atoms with Crippen LogP contribution in [0, 0.1) is 0 Å². The molecule has 3 rings (SSSR count). The van der Waals surface area contributed by atoms with Gasteiger partial charge in [0.1, 0.15) is 16.1 Å². The molecule has 2 aromatic heterocycles. The summed E-state index contributed by atoms with van der Waals surface area (Å²) in [6.45, 7) is 7.42. The maximum atomic E-state index is 6.36. The summed E-state index contributed by atoms with van der Waals surface area (Å²) in [5.41, 5.74) is 17.4. The van der Waals surface area contributed by atoms with Crippen molar-refractivity contribution in [1.82, 2.24) is 19.9 Å². The van der Waals surface area contributed by atoms with E-state index in [9.17, 15) is 0 Å². The Morgan fingerprint density at radius 1 is 1.37 bits per heavy atom. The van der Waals surface area contributed by atoms with Crippen molar-refractivity contribution in [3.63, 3.8) is 0 Å². The molecule has 0 fully saturated rings. The van der Waals surface area contributed by atoms with Crippen LogP contribution < -0.4 is 21.7 Å². The van der Waals surface area contributed by atoms with Crippen molar-refractivity contribution < 1.29 is 0 Å². The van der Waals surface area contributed by atoms with Crippen LogP contribution in [0.15, 0.2) is 40.8 Å². The average Bonchev–Trinajstić information content (AvgIpc) is 3.00. The minimum atomic E-state index is 0.539. The van der Waals surface area contributed by atoms with E-state index in [1.54, 1.807) is 4.52 Å². The second kappa shape index (κ2) is 8.04. The maximum Gasteiger partial charge on any atom is 0.167 e. The number of hydrogen-bond acceptors (Lipinski definition) is 6. The van der Waals surface area contributed by atoms with Crippen LogP contribution in [0.3, 0.4) is 0 Å². The fourth-order valence-electron chi connectivity index (χ4n) is 3.26. The van der Waals surface area contributed by atoms with E-state index in [0.29, 0.717) is 5.82 Å². The van der Waals surface area contributed by atoms with E-state index < -0.39 is 0 Å². The van der Waals surface area contributed by atoms with Gasteiger partial charge in [-0.25, -0.2) is 4.98 Å². The first-order valence-corrected chi connectivity index (χ1v) is 9.78. The first-order chi connectivity index (χ1) is 13.0. The van der Waals surface area contributed by atoms with Gasteiger partial charge in [0.25, 0.3) is 0 Å². The fraction of sp³-hybridized carbons (Fsp3) is 0.368. The van der Waals surface area contributed by atoms with Crippen LogP contribution in [0.2, 0.25) is 0 Å². The van der Waals surface area contributed by atoms with Gasteiger partial charge in [-0.15, -0.1) is 6.58 Å². The molecule has 0 saturated heterocycles. The molecule has 0 atom stereocenters. The minimum absolute atomic E-state index is 0.539. The van der Waals surface area contributed by atoms with Crippen molar-refractivity contribution in [3.8, 4) is 0 Å². The zero-order valence-electron chi connectivity index (χ0n) is 15.8. The van der Waals surface area contributed by atoms with Crippen molar-refractivity contribution in [2.24, 2.45) is 5.73 Å². The number of anilines is 2. The molecule has 0 aliphatic carbocycles. The lowest BCUT2D eigenvalue weighted by Gasteiger charge is -2.24. The molecule has 0 bridgehead atoms. The zero-order valence-corrected chi connectivity index (χ0v) is 17.4. The van der Waals surface area contributed by atoms with E-state index in [4.69, 9.17) is 16.5 Å². The van der Waals surface area contributed by atoms with Crippen LogP contribution in [0.4, 0.5) is 11.6 Å². The van der Waals surface area contributed by atoms with E-state index in [2.05, 4.69) is 50.8 Å². The maximum absolute atomic E-state index is 6.36. The number of aromatic nitrogens is 3. The molecule has 0 amide bonds. The molecule has 0 spiro atoms. The third kappa shape index (κ3) is 3.66. The summed E-state index contributed by atoms with van der Waals surface area (Å²) in [5.74, 6) is 1.36. The van der Waals surface area contributed by atoms with Crippen LogP contribution >= 0.6 is 15.9 Å². The smallest absolute Gasteiger partial charge is 0.167 e. The van der Waals surface area contributed by atoms with E-state index in [1.807, 2.05) is 19.3 Å². The highest BCUT2D eigenvalue weighted by atomic mass is 79.9. The number of halogens is 1. The zero-order chi connectivity index (χ0) is 19.6. The first-order valence-electron chi connectivity index (χ1n) is 8.98. The Labute approximate surface area is 167 Å². The second-order valence-electron chi connectivity index (χ2n) is 6.58. The highest BCUT2D eigenvalue weighted by Crippen LogP contribution is 2.34. The number of nitrogens with two attached hydrogens (primary N) is 2. The molecular weight excluding hydrogens is 406 g/mol. The number of allylic oxidation sites excluding steroid dienone is 3. The summed E-state index contributed by atoms with van der Waals surface area (Å²) in [4.78, 5) is 7.14. The summed E-state index contributed by atoms with van der Waals surface area (Å²) < 4.78 is 2.43. The van der Waals surface area contributed by atoms with Gasteiger partial charge in [0, 0.05) is 49.9 Å². The molecule has 0 aromatic carbocycles. The highest BCUT2D eigenvalue weighted by Gasteiger charge is 2.22. The lowest BCUT2D eigenvalue weighted by Crippen LogP contribution is -2.27. The lowest BCUT2D eigenvalue weighted by molar-refractivity contribution is 0.766. The summed E-state index contributed by atoms with van der Waals surface area (Å²) in [5, 5.41) is 7.63. The number of fused-ring (bicyclic) bond motifs is 1. The molecule has 5 N–H and O–H groups in total. The van der Waals surface area contributed by atoms with Gasteiger partial charge in [-0.2, -0.15) is 9.61 Å². The van der Waals surface area contributed by atoms with Crippen LogP contribution in [-0.2, 0) is 0 Å². The lowest BCUT2D eigenvalue weighted by atomic mass is 10.1. The largest absolute Gasteiger partial charge is 0.401 e. The first kappa shape index (κ1) is 19.3. The van der Waals surface area contributed by atoms with E-state index in [0.717, 1.165) is 70.8 Å². The summed E-state index contributed by atoms with van der Waals surface area (Å²) >= 11 is 3.62. The van der Waals surface area contributed by atoms with Gasteiger partial charge in [-0.1, -0.05) is 12.2 Å². The monoisotopic (exact) mass is 431 g/mol. The van der Waals surface area contributed by atoms with Crippen molar-refractivity contribution in [3.05, 3.63) is 46.4 Å². The molecular formula is C19H26BrN7. The predicted molar refractivity (Wildman–Crippen MR) is 115 cm³/mol. The van der Waals surface area contributed by atoms with Crippen molar-refractivity contribution >= 4 is 38.8 Å². The molecule has 8 heteroatoms. The Hall–Kier alpha value is -2.48. The number of hydrogen-bond donors (Lipinski definition) is 3. The van der Waals surface area contributed by atoms with E-state index in [1.165, 1.54) is 0 Å². The minimum Gasteiger partial charge on any atom is -0.401 e. The van der Waals surface area contributed by atoms with Gasteiger partial charge < -0.3 is 21.7 Å². The molecule has 2 aromatic rings. The fourth-order valence-corrected chi connectivity index (χ4v) is 3.77. The Kier molecular flexibility index (Phi) is 5.74. The van der Waals surface area contributed by atoms with Gasteiger partial charge >= 0.3 is 0 Å². The molecule has 7 nitrogen and oxygen atoms in total. The summed E-state index contributed by atoms with van der Waals surface area (Å²) in [7, 11) is 1.91. The molecule has 27 heavy (non-hydrogen) atoms. The van der Waals surface area contributed by atoms with Gasteiger partial charge in [-0.05, 0) is 34.8 Å². The second-order valence-corrected chi connectivity index (χ2v) is 7.37. The van der Waals surface area contributed by atoms with Crippen LogP contribution in [0.25, 0.3) is 11.2 Å². The predicted octanol–water partition coefficient (Wildman–Crippen LogP) is 3.04. The van der Waals surface area contributed by atoms with Crippen molar-refractivity contribution in [2.45, 2.75) is 26.2 Å². The highest BCUT2D eigenvalue weighted by molar-refractivity contribution is 9.10. The van der Waals surface area contributed by atoms with Gasteiger partial charge in [0.15, 0.2) is 5.65 Å². The van der Waals surface area contributed by atoms with Crippen LogP contribution in [-0.4, -0.2) is 34.7 Å². The van der Waals surface area contributed by atoms with E-state index in [-0.39, 0.29) is 0 Å². The SMILES string of the molecule is C=CC/C=C(\C)c1cnn2c(N)c(Br)c(N3CCC(N)=C(NC)CC3)nc12. The average molecular weight is 432 g/mol. The third-order valence-corrected chi connectivity index (χ3v) is 5.65. The van der Waals surface area contributed by atoms with Gasteiger partial charge in [-0.3, -0.25) is 0 Å². The van der Waals surface area contributed by atoms with Crippen molar-refractivity contribution in [1.29, 1.82) is 0 Å². The standard InChI is InChI=1S/C19H26BrN7/c1-4-5-6-12(2)13-11-24-27-17(22)16(20)19(25-18(13)27)26-9-7-14(21)15(23-3)8-10-26/h4,6,11,23H,1,5,7-10,21-22H2,2-3H3/b12-6+. The molecule has 1 aliphatic rings. The van der Waals surface area contributed by atoms with Crippen molar-refractivity contribution in [2.75, 3.05) is 30.8 Å². The number of nitrogens with one attached hydrogen (secondary N) is 1. The molecule has 0 unspecified atom stereocenters. The van der Waals surface area contributed by atoms with Crippen LogP contribution in [0.5, 0.6) is 0 Å². The normalized spacial score (nSPS) is 16.0. The molecule has 0 saturated carbocycles. The molecule has 1 aliphatic heterocycles. The molecule has 144 valence electrons. The third-order valence-electron chi connectivity index (χ3n) is 4.89. The molecule has 0 radical (unpaired) electrons. The van der Waals surface area contributed by atoms with Gasteiger partial charge in [0.2, 0.25) is 0 Å². The summed E-state index contributed by atoms with van der Waals surface area (Å²) in [6.07, 6.45) is 8.20. The quantitative estimate of drug-likeness (QED) is 0.629. The van der Waals surface area contributed by atoms with Crippen LogP contribution in [0.1, 0.15) is 31.7 Å². The van der Waals surface area contributed by atoms with E-state index >= 15 is 0 Å². The Bertz CT molecular complexity index is 926.